The summed E-state index contributed by atoms with van der Waals surface area (Å²) >= 11 is 4.05. The Hall–Kier alpha value is -0.910. The lowest BCUT2D eigenvalue weighted by Gasteiger charge is -2.02. The smallest absolute Gasteiger partial charge is 0.0521 e. The number of thiol groups is 1. The molecule has 2 heteroatoms. The summed E-state index contributed by atoms with van der Waals surface area (Å²) in [5.74, 6) is 6.64. The quantitative estimate of drug-likeness (QED) is 0.535. The lowest BCUT2D eigenvalue weighted by Crippen LogP contribution is -2.06. The molecule has 0 unspecified atom stereocenters. The van der Waals surface area contributed by atoms with Crippen LogP contribution in [0.4, 0.5) is 0 Å². The Labute approximate surface area is 85.0 Å². The van der Waals surface area contributed by atoms with E-state index in [0.29, 0.717) is 5.75 Å². The third-order valence-corrected chi connectivity index (χ3v) is 1.84. The summed E-state index contributed by atoms with van der Waals surface area (Å²) in [6.07, 6.45) is 0. The standard InChI is InChI=1S/C11H13NS/c1-12-9-11-6-3-2-5-10(11)7-4-8-13/h2-3,5-6,12-13H,8-9H2,1H3. The third kappa shape index (κ3) is 3.14. The molecule has 1 aromatic carbocycles. The topological polar surface area (TPSA) is 12.0 Å². The fourth-order valence-corrected chi connectivity index (χ4v) is 1.20. The largest absolute Gasteiger partial charge is 0.316 e. The minimum Gasteiger partial charge on any atom is -0.316 e. The van der Waals surface area contributed by atoms with Crippen LogP contribution in [0.3, 0.4) is 0 Å². The van der Waals surface area contributed by atoms with Crippen LogP contribution in [0, 0.1) is 11.8 Å². The maximum absolute atomic E-state index is 4.05. The van der Waals surface area contributed by atoms with E-state index in [0.717, 1.165) is 12.1 Å². The first-order valence-electron chi connectivity index (χ1n) is 4.20. The van der Waals surface area contributed by atoms with Gasteiger partial charge in [0.15, 0.2) is 0 Å². The second-order valence-corrected chi connectivity index (χ2v) is 2.96. The van der Waals surface area contributed by atoms with Crippen LogP contribution in [-0.2, 0) is 6.54 Å². The Morgan fingerprint density at radius 3 is 2.85 bits per heavy atom. The Morgan fingerprint density at radius 2 is 2.15 bits per heavy atom. The van der Waals surface area contributed by atoms with Gasteiger partial charge in [0.2, 0.25) is 0 Å². The van der Waals surface area contributed by atoms with Gasteiger partial charge in [-0.05, 0) is 18.7 Å². The van der Waals surface area contributed by atoms with E-state index in [1.807, 2.05) is 25.2 Å². The monoisotopic (exact) mass is 191 g/mol. The highest BCUT2D eigenvalue weighted by Gasteiger charge is 1.95. The third-order valence-electron chi connectivity index (χ3n) is 1.69. The van der Waals surface area contributed by atoms with Crippen LogP contribution in [0.1, 0.15) is 11.1 Å². The zero-order valence-electron chi connectivity index (χ0n) is 7.67. The van der Waals surface area contributed by atoms with E-state index >= 15 is 0 Å². The molecule has 0 aliphatic rings. The Bertz CT molecular complexity index is 322. The summed E-state index contributed by atoms with van der Waals surface area (Å²) in [6, 6.07) is 8.14. The summed E-state index contributed by atoms with van der Waals surface area (Å²) in [5, 5.41) is 3.11. The zero-order valence-corrected chi connectivity index (χ0v) is 8.57. The van der Waals surface area contributed by atoms with Crippen molar-refractivity contribution in [3.63, 3.8) is 0 Å². The van der Waals surface area contributed by atoms with Crippen molar-refractivity contribution in [3.05, 3.63) is 35.4 Å². The van der Waals surface area contributed by atoms with E-state index in [9.17, 15) is 0 Å². The molecular formula is C11H13NS. The minimum atomic E-state index is 0.605. The molecule has 1 aromatic rings. The second kappa shape index (κ2) is 5.69. The predicted molar refractivity (Wildman–Crippen MR) is 59.9 cm³/mol. The van der Waals surface area contributed by atoms with Crippen molar-refractivity contribution < 1.29 is 0 Å². The van der Waals surface area contributed by atoms with Gasteiger partial charge in [0.1, 0.15) is 0 Å². The average Bonchev–Trinajstić information content (AvgIpc) is 2.17. The van der Waals surface area contributed by atoms with Crippen LogP contribution < -0.4 is 5.32 Å². The summed E-state index contributed by atoms with van der Waals surface area (Å²) < 4.78 is 0. The SMILES string of the molecule is CNCc1ccccc1C#CCS. The lowest BCUT2D eigenvalue weighted by atomic mass is 10.1. The van der Waals surface area contributed by atoms with E-state index in [4.69, 9.17) is 0 Å². The molecular weight excluding hydrogens is 178 g/mol. The van der Waals surface area contributed by atoms with Crippen molar-refractivity contribution in [1.82, 2.24) is 5.32 Å². The highest BCUT2D eigenvalue weighted by atomic mass is 32.1. The highest BCUT2D eigenvalue weighted by Crippen LogP contribution is 2.06. The van der Waals surface area contributed by atoms with Gasteiger partial charge >= 0.3 is 0 Å². The molecule has 13 heavy (non-hydrogen) atoms. The Morgan fingerprint density at radius 1 is 1.38 bits per heavy atom. The number of benzene rings is 1. The number of rotatable bonds is 2. The molecule has 0 heterocycles. The van der Waals surface area contributed by atoms with Crippen molar-refractivity contribution in [2.24, 2.45) is 0 Å². The van der Waals surface area contributed by atoms with E-state index in [1.165, 1.54) is 5.56 Å². The molecule has 0 radical (unpaired) electrons. The second-order valence-electron chi connectivity index (χ2n) is 2.65. The van der Waals surface area contributed by atoms with E-state index < -0.39 is 0 Å². The van der Waals surface area contributed by atoms with Crippen molar-refractivity contribution in [2.75, 3.05) is 12.8 Å². The first-order valence-corrected chi connectivity index (χ1v) is 4.84. The molecule has 1 nitrogen and oxygen atoms in total. The van der Waals surface area contributed by atoms with Crippen molar-refractivity contribution in [3.8, 4) is 11.8 Å². The van der Waals surface area contributed by atoms with Gasteiger partial charge in [-0.2, -0.15) is 12.6 Å². The van der Waals surface area contributed by atoms with Crippen LogP contribution in [0.15, 0.2) is 24.3 Å². The van der Waals surface area contributed by atoms with E-state index in [2.05, 4.69) is 35.9 Å². The maximum atomic E-state index is 4.05. The number of nitrogens with one attached hydrogen (secondary N) is 1. The minimum absolute atomic E-state index is 0.605. The summed E-state index contributed by atoms with van der Waals surface area (Å²) in [5.41, 5.74) is 2.32. The molecule has 0 spiro atoms. The molecule has 0 aliphatic carbocycles. The average molecular weight is 191 g/mol. The highest BCUT2D eigenvalue weighted by molar-refractivity contribution is 7.80. The van der Waals surface area contributed by atoms with Gasteiger partial charge in [-0.15, -0.1) is 0 Å². The molecule has 0 atom stereocenters. The molecule has 0 aromatic heterocycles. The van der Waals surface area contributed by atoms with Crippen LogP contribution in [0.25, 0.3) is 0 Å². The molecule has 0 saturated heterocycles. The first kappa shape index (κ1) is 10.2. The Balaban J connectivity index is 2.90. The van der Waals surface area contributed by atoms with Crippen molar-refractivity contribution >= 4 is 12.6 Å². The summed E-state index contributed by atoms with van der Waals surface area (Å²) in [6.45, 7) is 0.859. The molecule has 0 aliphatic heterocycles. The van der Waals surface area contributed by atoms with Gasteiger partial charge in [-0.3, -0.25) is 0 Å². The fourth-order valence-electron chi connectivity index (χ4n) is 1.12. The fraction of sp³-hybridized carbons (Fsp3) is 0.273. The van der Waals surface area contributed by atoms with Gasteiger partial charge in [0, 0.05) is 12.1 Å². The molecule has 0 bridgehead atoms. The van der Waals surface area contributed by atoms with Gasteiger partial charge in [-0.1, -0.05) is 30.0 Å². The number of hydrogen-bond acceptors (Lipinski definition) is 2. The van der Waals surface area contributed by atoms with Gasteiger partial charge < -0.3 is 5.32 Å². The lowest BCUT2D eigenvalue weighted by molar-refractivity contribution is 0.816. The van der Waals surface area contributed by atoms with Crippen LogP contribution in [0.2, 0.25) is 0 Å². The Kier molecular flexibility index (Phi) is 4.45. The van der Waals surface area contributed by atoms with Crippen LogP contribution in [0.5, 0.6) is 0 Å². The van der Waals surface area contributed by atoms with Gasteiger partial charge in [0.25, 0.3) is 0 Å². The normalized spacial score (nSPS) is 9.08. The van der Waals surface area contributed by atoms with Crippen LogP contribution >= 0.6 is 12.6 Å². The van der Waals surface area contributed by atoms with E-state index in [1.54, 1.807) is 0 Å². The molecule has 0 fully saturated rings. The van der Waals surface area contributed by atoms with Gasteiger partial charge in [-0.25, -0.2) is 0 Å². The first-order chi connectivity index (χ1) is 6.38. The number of hydrogen-bond donors (Lipinski definition) is 2. The van der Waals surface area contributed by atoms with Gasteiger partial charge in [0.05, 0.1) is 5.75 Å². The van der Waals surface area contributed by atoms with Crippen molar-refractivity contribution in [2.45, 2.75) is 6.54 Å². The van der Waals surface area contributed by atoms with E-state index in [-0.39, 0.29) is 0 Å². The zero-order chi connectivity index (χ0) is 9.52. The predicted octanol–water partition coefficient (Wildman–Crippen LogP) is 1.69. The maximum Gasteiger partial charge on any atom is 0.0521 e. The summed E-state index contributed by atoms with van der Waals surface area (Å²) in [7, 11) is 1.93. The molecule has 0 saturated carbocycles. The molecule has 1 N–H and O–H groups in total. The summed E-state index contributed by atoms with van der Waals surface area (Å²) in [4.78, 5) is 0. The van der Waals surface area contributed by atoms with Crippen LogP contribution in [-0.4, -0.2) is 12.8 Å². The molecule has 0 amide bonds. The van der Waals surface area contributed by atoms with Crippen molar-refractivity contribution in [1.29, 1.82) is 0 Å². The molecule has 68 valence electrons. The molecule has 1 rings (SSSR count).